The van der Waals surface area contributed by atoms with Gasteiger partial charge in [-0.1, -0.05) is 34.6 Å². The average molecular weight is 355 g/mol. The zero-order chi connectivity index (χ0) is 18.0. The minimum absolute atomic E-state index is 0.00325. The molecule has 1 spiro atoms. The Labute approximate surface area is 145 Å². The van der Waals surface area contributed by atoms with Gasteiger partial charge in [0.25, 0.3) is 0 Å². The van der Waals surface area contributed by atoms with Crippen molar-refractivity contribution in [2.24, 2.45) is 5.41 Å². The molecule has 0 N–H and O–H groups in total. The van der Waals surface area contributed by atoms with Crippen LogP contribution in [0.1, 0.15) is 34.6 Å². The molecule has 0 bridgehead atoms. The van der Waals surface area contributed by atoms with Crippen LogP contribution in [0.2, 0.25) is 18.1 Å². The van der Waals surface area contributed by atoms with Gasteiger partial charge in [0.2, 0.25) is 5.79 Å². The zero-order valence-electron chi connectivity index (χ0n) is 15.9. The van der Waals surface area contributed by atoms with Gasteiger partial charge in [-0.25, -0.2) is 0 Å². The molecule has 3 rings (SSSR count). The Kier molecular flexibility index (Phi) is 4.17. The molecule has 24 heavy (non-hydrogen) atoms. The molecule has 6 heteroatoms. The predicted octanol–water partition coefficient (Wildman–Crippen LogP) is 3.05. The molecule has 5 nitrogen and oxygen atoms in total. The fourth-order valence-corrected chi connectivity index (χ4v) is 3.76. The molecule has 0 unspecified atom stereocenters. The molecule has 136 valence electrons. The molecule has 0 amide bonds. The van der Waals surface area contributed by atoms with Gasteiger partial charge in [-0.3, -0.25) is 4.79 Å². The second kappa shape index (κ2) is 5.48. The number of carbonyl (C=O) groups is 1. The van der Waals surface area contributed by atoms with E-state index in [9.17, 15) is 4.79 Å². The second-order valence-electron chi connectivity index (χ2n) is 9.51. The van der Waals surface area contributed by atoms with Crippen molar-refractivity contribution in [3.8, 4) is 0 Å². The SMILES string of the molecule is CC1(C)COC2(OC1)C(CO[Si](C)(C)C(C)(C)C)=CC(=O)[C@@H]1O[C@@H]12. The van der Waals surface area contributed by atoms with E-state index >= 15 is 0 Å². The number of carbonyl (C=O) groups excluding carboxylic acids is 1. The summed E-state index contributed by atoms with van der Waals surface area (Å²) < 4.78 is 24.2. The Bertz CT molecular complexity index is 562. The maximum Gasteiger partial charge on any atom is 0.223 e. The first-order valence-corrected chi connectivity index (χ1v) is 11.6. The van der Waals surface area contributed by atoms with Crippen LogP contribution in [0.3, 0.4) is 0 Å². The number of rotatable bonds is 3. The van der Waals surface area contributed by atoms with Crippen molar-refractivity contribution in [1.29, 1.82) is 0 Å². The van der Waals surface area contributed by atoms with Crippen molar-refractivity contribution in [3.63, 3.8) is 0 Å². The summed E-state index contributed by atoms with van der Waals surface area (Å²) in [6, 6.07) is 0. The van der Waals surface area contributed by atoms with Crippen LogP contribution < -0.4 is 0 Å². The van der Waals surface area contributed by atoms with E-state index in [1.165, 1.54) is 0 Å². The van der Waals surface area contributed by atoms with Crippen LogP contribution in [0.4, 0.5) is 0 Å². The summed E-state index contributed by atoms with van der Waals surface area (Å²) in [6.07, 6.45) is 0.881. The first-order valence-electron chi connectivity index (χ1n) is 8.70. The van der Waals surface area contributed by atoms with Crippen LogP contribution in [-0.2, 0) is 23.4 Å². The van der Waals surface area contributed by atoms with Gasteiger partial charge in [0.1, 0.15) is 0 Å². The van der Waals surface area contributed by atoms with Crippen molar-refractivity contribution < 1.29 is 23.4 Å². The van der Waals surface area contributed by atoms with E-state index in [1.54, 1.807) is 6.08 Å². The van der Waals surface area contributed by atoms with Gasteiger partial charge in [0, 0.05) is 11.0 Å². The Hall–Kier alpha value is -0.533. The lowest BCUT2D eigenvalue weighted by molar-refractivity contribution is -0.287. The number of ketones is 1. The van der Waals surface area contributed by atoms with Crippen molar-refractivity contribution >= 4 is 14.1 Å². The van der Waals surface area contributed by atoms with Gasteiger partial charge in [0.05, 0.1) is 19.8 Å². The monoisotopic (exact) mass is 354 g/mol. The fraction of sp³-hybridized carbons (Fsp3) is 0.833. The minimum atomic E-state index is -1.93. The molecule has 0 saturated carbocycles. The van der Waals surface area contributed by atoms with E-state index in [2.05, 4.69) is 47.7 Å². The molecule has 2 aliphatic heterocycles. The third-order valence-electron chi connectivity index (χ3n) is 5.66. The van der Waals surface area contributed by atoms with Gasteiger partial charge in [-0.05, 0) is 24.2 Å². The van der Waals surface area contributed by atoms with E-state index in [-0.39, 0.29) is 22.3 Å². The van der Waals surface area contributed by atoms with Crippen LogP contribution in [0.25, 0.3) is 0 Å². The molecule has 3 aliphatic rings. The lowest BCUT2D eigenvalue weighted by Crippen LogP contribution is -2.56. The van der Waals surface area contributed by atoms with E-state index in [4.69, 9.17) is 18.6 Å². The van der Waals surface area contributed by atoms with Gasteiger partial charge < -0.3 is 18.6 Å². The van der Waals surface area contributed by atoms with Crippen molar-refractivity contribution in [1.82, 2.24) is 0 Å². The van der Waals surface area contributed by atoms with Crippen LogP contribution >= 0.6 is 0 Å². The van der Waals surface area contributed by atoms with Crippen LogP contribution in [-0.4, -0.2) is 51.9 Å². The lowest BCUT2D eigenvalue weighted by Gasteiger charge is -2.45. The van der Waals surface area contributed by atoms with Crippen LogP contribution in [0.5, 0.6) is 0 Å². The molecule has 0 aromatic carbocycles. The Morgan fingerprint density at radius 2 is 1.83 bits per heavy atom. The molecule has 2 saturated heterocycles. The Morgan fingerprint density at radius 1 is 1.25 bits per heavy atom. The Balaban J connectivity index is 1.81. The van der Waals surface area contributed by atoms with Gasteiger partial charge in [-0.15, -0.1) is 0 Å². The quantitative estimate of drug-likeness (QED) is 0.576. The number of fused-ring (bicyclic) bond motifs is 2. The molecule has 0 radical (unpaired) electrons. The first-order chi connectivity index (χ1) is 10.9. The van der Waals surface area contributed by atoms with E-state index in [1.807, 2.05) is 0 Å². The number of epoxide rings is 1. The van der Waals surface area contributed by atoms with Crippen LogP contribution in [0.15, 0.2) is 11.6 Å². The molecular formula is C18H30O5Si. The lowest BCUT2D eigenvalue weighted by atomic mass is 9.88. The summed E-state index contributed by atoms with van der Waals surface area (Å²) in [5.74, 6) is -0.951. The van der Waals surface area contributed by atoms with Gasteiger partial charge in [0.15, 0.2) is 26.3 Å². The summed E-state index contributed by atoms with van der Waals surface area (Å²) in [4.78, 5) is 12.2. The molecule has 1 aliphatic carbocycles. The fourth-order valence-electron chi connectivity index (χ4n) is 2.81. The third-order valence-corrected chi connectivity index (χ3v) is 10.1. The molecule has 0 aromatic heterocycles. The molecule has 2 heterocycles. The van der Waals surface area contributed by atoms with Crippen molar-refractivity contribution in [2.45, 2.75) is 70.7 Å². The summed E-state index contributed by atoms with van der Waals surface area (Å²) in [7, 11) is -1.93. The molecule has 2 atom stereocenters. The number of ether oxygens (including phenoxy) is 3. The summed E-state index contributed by atoms with van der Waals surface area (Å²) in [5.41, 5.74) is 0.731. The molecular weight excluding hydrogens is 324 g/mol. The highest BCUT2D eigenvalue weighted by Gasteiger charge is 2.66. The topological polar surface area (TPSA) is 57.3 Å². The van der Waals surface area contributed by atoms with E-state index < -0.39 is 20.2 Å². The Morgan fingerprint density at radius 3 is 2.38 bits per heavy atom. The normalized spacial score (nSPS) is 31.6. The smallest absolute Gasteiger partial charge is 0.223 e. The second-order valence-corrected chi connectivity index (χ2v) is 14.3. The standard InChI is InChI=1S/C18H30O5Si/c1-16(2,3)24(6,7)22-9-12-8-13(19)14-15(23-14)18(12)20-10-17(4,5)11-21-18/h8,14-15H,9-11H2,1-7H3/t14-,15-/m0/s1. The molecule has 0 aromatic rings. The number of hydrogen-bond donors (Lipinski definition) is 0. The highest BCUT2D eigenvalue weighted by molar-refractivity contribution is 6.74. The van der Waals surface area contributed by atoms with Gasteiger partial charge in [-0.2, -0.15) is 0 Å². The van der Waals surface area contributed by atoms with E-state index in [0.717, 1.165) is 5.57 Å². The summed E-state index contributed by atoms with van der Waals surface area (Å²) in [6.45, 7) is 16.7. The van der Waals surface area contributed by atoms with E-state index in [0.29, 0.717) is 19.8 Å². The summed E-state index contributed by atoms with van der Waals surface area (Å²) >= 11 is 0. The average Bonchev–Trinajstić information content (AvgIpc) is 3.24. The summed E-state index contributed by atoms with van der Waals surface area (Å²) in [5, 5.41) is 0.105. The largest absolute Gasteiger partial charge is 0.413 e. The maximum atomic E-state index is 12.2. The predicted molar refractivity (Wildman–Crippen MR) is 93.3 cm³/mol. The highest BCUT2D eigenvalue weighted by Crippen LogP contribution is 2.49. The van der Waals surface area contributed by atoms with Crippen molar-refractivity contribution in [2.75, 3.05) is 19.8 Å². The first kappa shape index (κ1) is 18.3. The number of hydrogen-bond acceptors (Lipinski definition) is 5. The maximum absolute atomic E-state index is 12.2. The third kappa shape index (κ3) is 3.03. The van der Waals surface area contributed by atoms with Crippen LogP contribution in [0, 0.1) is 5.41 Å². The zero-order valence-corrected chi connectivity index (χ0v) is 16.9. The van der Waals surface area contributed by atoms with Gasteiger partial charge >= 0.3 is 0 Å². The molecule has 2 fully saturated rings. The highest BCUT2D eigenvalue weighted by atomic mass is 28.4. The van der Waals surface area contributed by atoms with Crippen molar-refractivity contribution in [3.05, 3.63) is 11.6 Å². The minimum Gasteiger partial charge on any atom is -0.413 e.